The maximum atomic E-state index is 11.3. The molecule has 0 radical (unpaired) electrons. The van der Waals surface area contributed by atoms with E-state index < -0.39 is 15.8 Å². The summed E-state index contributed by atoms with van der Waals surface area (Å²) in [4.78, 5) is 0. The third-order valence-electron chi connectivity index (χ3n) is 2.27. The lowest BCUT2D eigenvalue weighted by atomic mass is 9.94. The van der Waals surface area contributed by atoms with Crippen LogP contribution in [-0.4, -0.2) is 43.1 Å². The molecule has 1 aliphatic heterocycles. The van der Waals surface area contributed by atoms with Gasteiger partial charge in [0, 0.05) is 19.6 Å². The number of nitrogens with zero attached hydrogens (tertiary/aromatic N) is 1. The van der Waals surface area contributed by atoms with Crippen molar-refractivity contribution in [1.29, 1.82) is 0 Å². The van der Waals surface area contributed by atoms with Crippen molar-refractivity contribution in [2.45, 2.75) is 25.9 Å². The average Bonchev–Trinajstić information content (AvgIpc) is 1.98. The molecule has 0 bridgehead atoms. The zero-order valence-electron chi connectivity index (χ0n) is 7.95. The second-order valence-corrected chi connectivity index (χ2v) is 5.10. The fourth-order valence-corrected chi connectivity index (χ4v) is 2.65. The fraction of sp³-hybridized carbons (Fsp3) is 1.00. The number of hydrogen-bond acceptors (Lipinski definition) is 3. The van der Waals surface area contributed by atoms with Gasteiger partial charge in [0.15, 0.2) is 0 Å². The summed E-state index contributed by atoms with van der Waals surface area (Å²) in [6, 6.07) is 0. The molecule has 13 heavy (non-hydrogen) atoms. The molecule has 0 unspecified atom stereocenters. The van der Waals surface area contributed by atoms with E-state index in [1.807, 2.05) is 6.92 Å². The first-order chi connectivity index (χ1) is 5.93. The van der Waals surface area contributed by atoms with Crippen molar-refractivity contribution >= 4 is 10.2 Å². The summed E-state index contributed by atoms with van der Waals surface area (Å²) >= 11 is 0. The maximum absolute atomic E-state index is 11.3. The minimum absolute atomic E-state index is 0.207. The van der Waals surface area contributed by atoms with Crippen molar-refractivity contribution in [3.63, 3.8) is 0 Å². The van der Waals surface area contributed by atoms with E-state index in [9.17, 15) is 13.5 Å². The van der Waals surface area contributed by atoms with Gasteiger partial charge < -0.3 is 5.11 Å². The first-order valence-electron chi connectivity index (χ1n) is 4.40. The molecular weight excluding hydrogens is 192 g/mol. The Morgan fingerprint density at radius 2 is 2.00 bits per heavy atom. The van der Waals surface area contributed by atoms with Crippen molar-refractivity contribution in [3.05, 3.63) is 0 Å². The highest BCUT2D eigenvalue weighted by Crippen LogP contribution is 2.25. The summed E-state index contributed by atoms with van der Waals surface area (Å²) in [5.74, 6) is 0. The molecule has 0 aromatic heterocycles. The number of β-amino-alcohol motifs (C(OH)–C–C–N with tert-alkyl or cyclic N) is 1. The predicted molar refractivity (Wildman–Crippen MR) is 49.4 cm³/mol. The van der Waals surface area contributed by atoms with Gasteiger partial charge in [0.05, 0.1) is 5.60 Å². The molecule has 1 fully saturated rings. The van der Waals surface area contributed by atoms with Crippen LogP contribution in [0, 0.1) is 0 Å². The molecular formula is C7H16N2O3S. The third kappa shape index (κ3) is 2.19. The summed E-state index contributed by atoms with van der Waals surface area (Å²) in [6.45, 7) is 4.36. The zero-order valence-corrected chi connectivity index (χ0v) is 8.76. The van der Waals surface area contributed by atoms with Gasteiger partial charge in [-0.2, -0.15) is 12.7 Å². The van der Waals surface area contributed by atoms with Gasteiger partial charge in [-0.3, -0.25) is 0 Å². The van der Waals surface area contributed by atoms with Gasteiger partial charge in [0.2, 0.25) is 0 Å². The molecule has 0 amide bonds. The summed E-state index contributed by atoms with van der Waals surface area (Å²) in [5, 5.41) is 9.59. The molecule has 2 N–H and O–H groups in total. The fourth-order valence-electron chi connectivity index (χ4n) is 1.28. The highest BCUT2D eigenvalue weighted by atomic mass is 32.2. The van der Waals surface area contributed by atoms with E-state index in [2.05, 4.69) is 4.72 Å². The van der Waals surface area contributed by atoms with E-state index in [0.29, 0.717) is 13.0 Å². The van der Waals surface area contributed by atoms with Crippen LogP contribution in [0.15, 0.2) is 0 Å². The van der Waals surface area contributed by atoms with E-state index in [1.54, 1.807) is 6.92 Å². The van der Waals surface area contributed by atoms with E-state index in [4.69, 9.17) is 0 Å². The maximum Gasteiger partial charge on any atom is 0.279 e. The van der Waals surface area contributed by atoms with E-state index in [1.165, 1.54) is 4.31 Å². The SMILES string of the molecule is CCNS(=O)(=O)N1CC(O)(CC)C1. The van der Waals surface area contributed by atoms with Crippen LogP contribution in [0.1, 0.15) is 20.3 Å². The Kier molecular flexibility index (Phi) is 2.96. The Balaban J connectivity index is 2.52. The molecule has 1 heterocycles. The summed E-state index contributed by atoms with van der Waals surface area (Å²) < 4.78 is 26.3. The minimum atomic E-state index is -3.33. The summed E-state index contributed by atoms with van der Waals surface area (Å²) in [5.41, 5.74) is -0.803. The van der Waals surface area contributed by atoms with Gasteiger partial charge in [-0.15, -0.1) is 0 Å². The number of hydrogen-bond donors (Lipinski definition) is 2. The second-order valence-electron chi connectivity index (χ2n) is 3.35. The summed E-state index contributed by atoms with van der Waals surface area (Å²) in [6.07, 6.45) is 0.588. The molecule has 0 aromatic rings. The van der Waals surface area contributed by atoms with Crippen LogP contribution < -0.4 is 4.72 Å². The molecule has 1 aliphatic rings. The van der Waals surface area contributed by atoms with Gasteiger partial charge in [-0.25, -0.2) is 4.72 Å². The van der Waals surface area contributed by atoms with E-state index in [0.717, 1.165) is 0 Å². The molecule has 78 valence electrons. The lowest BCUT2D eigenvalue weighted by Crippen LogP contribution is -2.64. The van der Waals surface area contributed by atoms with Crippen LogP contribution in [0.4, 0.5) is 0 Å². The van der Waals surface area contributed by atoms with Crippen LogP contribution in [0.3, 0.4) is 0 Å². The molecule has 1 saturated heterocycles. The standard InChI is InChI=1S/C7H16N2O3S/c1-3-7(10)5-9(6-7)13(11,12)8-4-2/h8,10H,3-6H2,1-2H3. The molecule has 1 rings (SSSR count). The minimum Gasteiger partial charge on any atom is -0.387 e. The number of aliphatic hydroxyl groups is 1. The normalized spacial score (nSPS) is 22.7. The summed E-state index contributed by atoms with van der Waals surface area (Å²) in [7, 11) is -3.33. The van der Waals surface area contributed by atoms with Crippen LogP contribution in [0.2, 0.25) is 0 Å². The third-order valence-corrected chi connectivity index (χ3v) is 3.86. The van der Waals surface area contributed by atoms with Crippen molar-refractivity contribution in [2.75, 3.05) is 19.6 Å². The van der Waals surface area contributed by atoms with Crippen LogP contribution in [0.25, 0.3) is 0 Å². The molecule has 0 aliphatic carbocycles. The van der Waals surface area contributed by atoms with Gasteiger partial charge >= 0.3 is 0 Å². The quantitative estimate of drug-likeness (QED) is 0.641. The topological polar surface area (TPSA) is 69.6 Å². The predicted octanol–water partition coefficient (Wildman–Crippen LogP) is -0.703. The van der Waals surface area contributed by atoms with Crippen LogP contribution in [-0.2, 0) is 10.2 Å². The van der Waals surface area contributed by atoms with Crippen LogP contribution in [0.5, 0.6) is 0 Å². The van der Waals surface area contributed by atoms with Gasteiger partial charge in [0.1, 0.15) is 0 Å². The Morgan fingerprint density at radius 3 is 2.38 bits per heavy atom. The van der Waals surface area contributed by atoms with Crippen molar-refractivity contribution in [2.24, 2.45) is 0 Å². The van der Waals surface area contributed by atoms with Crippen molar-refractivity contribution in [3.8, 4) is 0 Å². The Bertz CT molecular complexity index is 269. The molecule has 0 atom stereocenters. The average molecular weight is 208 g/mol. The highest BCUT2D eigenvalue weighted by molar-refractivity contribution is 7.87. The van der Waals surface area contributed by atoms with Gasteiger partial charge in [-0.05, 0) is 6.42 Å². The highest BCUT2D eigenvalue weighted by Gasteiger charge is 2.45. The van der Waals surface area contributed by atoms with Crippen molar-refractivity contribution < 1.29 is 13.5 Å². The number of nitrogens with one attached hydrogen (secondary N) is 1. The molecule has 0 aromatic carbocycles. The Hall–Kier alpha value is -0.170. The zero-order chi connectivity index (χ0) is 10.1. The lowest BCUT2D eigenvalue weighted by Gasteiger charge is -2.44. The molecule has 5 nitrogen and oxygen atoms in total. The Labute approximate surface area is 78.9 Å². The molecule has 0 spiro atoms. The van der Waals surface area contributed by atoms with Crippen molar-refractivity contribution in [1.82, 2.24) is 9.03 Å². The lowest BCUT2D eigenvalue weighted by molar-refractivity contribution is -0.0618. The molecule has 0 saturated carbocycles. The number of rotatable bonds is 4. The van der Waals surface area contributed by atoms with Gasteiger partial charge in [-0.1, -0.05) is 13.8 Å². The largest absolute Gasteiger partial charge is 0.387 e. The first kappa shape index (κ1) is 10.9. The van der Waals surface area contributed by atoms with E-state index in [-0.39, 0.29) is 13.1 Å². The smallest absolute Gasteiger partial charge is 0.279 e. The Morgan fingerprint density at radius 1 is 1.46 bits per heavy atom. The second kappa shape index (κ2) is 3.53. The molecule has 6 heteroatoms. The van der Waals surface area contributed by atoms with E-state index >= 15 is 0 Å². The first-order valence-corrected chi connectivity index (χ1v) is 5.84. The van der Waals surface area contributed by atoms with Gasteiger partial charge in [0.25, 0.3) is 10.2 Å². The van der Waals surface area contributed by atoms with Crippen LogP contribution >= 0.6 is 0 Å². The monoisotopic (exact) mass is 208 g/mol.